The Kier molecular flexibility index (Phi) is 3.99. The van der Waals surface area contributed by atoms with Crippen LogP contribution >= 0.6 is 0 Å². The summed E-state index contributed by atoms with van der Waals surface area (Å²) in [6.07, 6.45) is 9.22. The van der Waals surface area contributed by atoms with Gasteiger partial charge in [0.1, 0.15) is 5.82 Å². The molecule has 2 aromatic rings. The molecule has 1 aliphatic rings. The molecule has 2 heterocycles. The molecule has 0 aliphatic heterocycles. The molecule has 0 atom stereocenters. The second-order valence-corrected chi connectivity index (χ2v) is 5.58. The van der Waals surface area contributed by atoms with Gasteiger partial charge in [-0.1, -0.05) is 37.3 Å². The summed E-state index contributed by atoms with van der Waals surface area (Å²) in [5.41, 5.74) is 7.01. The van der Waals surface area contributed by atoms with Crippen LogP contribution in [0.15, 0.2) is 6.07 Å². The highest BCUT2D eigenvalue weighted by Crippen LogP contribution is 2.26. The van der Waals surface area contributed by atoms with Crippen LogP contribution in [-0.4, -0.2) is 27.0 Å². The molecular weight excluding hydrogens is 254 g/mol. The first-order valence-corrected chi connectivity index (χ1v) is 7.43. The van der Waals surface area contributed by atoms with E-state index in [-0.39, 0.29) is 0 Å². The fourth-order valence-electron chi connectivity index (χ4n) is 2.86. The van der Waals surface area contributed by atoms with Crippen LogP contribution in [0.2, 0.25) is 0 Å². The van der Waals surface area contributed by atoms with Crippen molar-refractivity contribution < 1.29 is 4.74 Å². The summed E-state index contributed by atoms with van der Waals surface area (Å²) < 4.78 is 5.95. The predicted octanol–water partition coefficient (Wildman–Crippen LogP) is 2.67. The molecule has 0 aromatic carbocycles. The quantitative estimate of drug-likeness (QED) is 0.898. The van der Waals surface area contributed by atoms with Crippen LogP contribution in [0.4, 0.5) is 5.82 Å². The van der Waals surface area contributed by atoms with E-state index in [9.17, 15) is 0 Å². The Labute approximate surface area is 118 Å². The fourth-order valence-corrected chi connectivity index (χ4v) is 2.86. The van der Waals surface area contributed by atoms with Crippen LogP contribution in [0.1, 0.15) is 44.9 Å². The Bertz CT molecular complexity index is 560. The Hall–Kier alpha value is -1.85. The van der Waals surface area contributed by atoms with Crippen LogP contribution in [0.5, 0.6) is 5.75 Å². The van der Waals surface area contributed by atoms with Crippen LogP contribution in [0.25, 0.3) is 11.2 Å². The smallest absolute Gasteiger partial charge is 0.181 e. The number of hydrogen-bond acceptors (Lipinski definition) is 5. The third-order valence-electron chi connectivity index (χ3n) is 3.98. The van der Waals surface area contributed by atoms with Crippen molar-refractivity contribution in [2.45, 2.75) is 44.9 Å². The summed E-state index contributed by atoms with van der Waals surface area (Å²) in [4.78, 5) is 4.14. The zero-order chi connectivity index (χ0) is 13.8. The van der Waals surface area contributed by atoms with Crippen molar-refractivity contribution in [2.24, 2.45) is 5.92 Å². The van der Waals surface area contributed by atoms with E-state index in [4.69, 9.17) is 10.5 Å². The molecule has 0 saturated heterocycles. The Morgan fingerprint density at radius 2 is 1.95 bits per heavy atom. The van der Waals surface area contributed by atoms with Crippen molar-refractivity contribution >= 4 is 17.0 Å². The Morgan fingerprint density at radius 1 is 1.20 bits per heavy atom. The molecule has 0 spiro atoms. The van der Waals surface area contributed by atoms with Gasteiger partial charge in [0.2, 0.25) is 0 Å². The number of anilines is 1. The van der Waals surface area contributed by atoms with Crippen molar-refractivity contribution in [3.8, 4) is 5.75 Å². The van der Waals surface area contributed by atoms with E-state index >= 15 is 0 Å². The van der Waals surface area contributed by atoms with Gasteiger partial charge in [0.15, 0.2) is 16.9 Å². The molecule has 0 amide bonds. The molecule has 6 nitrogen and oxygen atoms in total. The number of H-pyrrole nitrogens is 1. The normalized spacial score (nSPS) is 17.8. The summed E-state index contributed by atoms with van der Waals surface area (Å²) in [7, 11) is 0. The molecule has 1 saturated carbocycles. The topological polar surface area (TPSA) is 89.7 Å². The third-order valence-corrected chi connectivity index (χ3v) is 3.98. The molecule has 20 heavy (non-hydrogen) atoms. The molecule has 0 unspecified atom stereocenters. The zero-order valence-electron chi connectivity index (χ0n) is 11.6. The number of pyridine rings is 1. The summed E-state index contributed by atoms with van der Waals surface area (Å²) in [6, 6.07) is 1.73. The number of hydrogen-bond donors (Lipinski definition) is 2. The van der Waals surface area contributed by atoms with Gasteiger partial charge in [0, 0.05) is 6.07 Å². The second-order valence-electron chi connectivity index (χ2n) is 5.58. The van der Waals surface area contributed by atoms with Gasteiger partial charge >= 0.3 is 0 Å². The monoisotopic (exact) mass is 275 g/mol. The first-order chi connectivity index (χ1) is 9.83. The van der Waals surface area contributed by atoms with E-state index in [2.05, 4.69) is 20.4 Å². The van der Waals surface area contributed by atoms with E-state index < -0.39 is 0 Å². The van der Waals surface area contributed by atoms with Gasteiger partial charge in [-0.3, -0.25) is 0 Å². The number of nitrogen functional groups attached to an aromatic ring is 1. The number of rotatable bonds is 3. The maximum absolute atomic E-state index is 5.95. The number of nitrogens with two attached hydrogens (primary N) is 1. The highest BCUT2D eigenvalue weighted by molar-refractivity contribution is 5.78. The Balaban J connectivity index is 1.68. The Morgan fingerprint density at radius 3 is 2.75 bits per heavy atom. The van der Waals surface area contributed by atoms with E-state index in [1.165, 1.54) is 44.9 Å². The number of aromatic nitrogens is 4. The molecule has 1 aliphatic carbocycles. The van der Waals surface area contributed by atoms with E-state index in [0.29, 0.717) is 28.6 Å². The minimum Gasteiger partial charge on any atom is -0.491 e. The maximum atomic E-state index is 5.95. The van der Waals surface area contributed by atoms with Gasteiger partial charge in [-0.2, -0.15) is 0 Å². The van der Waals surface area contributed by atoms with Gasteiger partial charge < -0.3 is 10.5 Å². The van der Waals surface area contributed by atoms with Crippen molar-refractivity contribution in [3.63, 3.8) is 0 Å². The van der Waals surface area contributed by atoms with Crippen LogP contribution < -0.4 is 10.5 Å². The summed E-state index contributed by atoms with van der Waals surface area (Å²) >= 11 is 0. The van der Waals surface area contributed by atoms with Crippen molar-refractivity contribution in [2.75, 3.05) is 12.3 Å². The minimum atomic E-state index is 0.427. The highest BCUT2D eigenvalue weighted by atomic mass is 16.5. The average molecular weight is 275 g/mol. The van der Waals surface area contributed by atoms with E-state index in [1.807, 2.05) is 0 Å². The molecular formula is C14H21N5O. The molecule has 2 aromatic heterocycles. The van der Waals surface area contributed by atoms with Crippen LogP contribution in [0, 0.1) is 5.92 Å². The number of nitrogens with zero attached hydrogens (tertiary/aromatic N) is 3. The van der Waals surface area contributed by atoms with Crippen molar-refractivity contribution in [1.82, 2.24) is 20.4 Å². The van der Waals surface area contributed by atoms with Crippen molar-refractivity contribution in [1.29, 1.82) is 0 Å². The molecule has 0 bridgehead atoms. The van der Waals surface area contributed by atoms with Gasteiger partial charge in [0.05, 0.1) is 6.61 Å². The van der Waals surface area contributed by atoms with Crippen LogP contribution in [0.3, 0.4) is 0 Å². The average Bonchev–Trinajstić information content (AvgIpc) is 2.85. The lowest BCUT2D eigenvalue weighted by Gasteiger charge is -2.20. The van der Waals surface area contributed by atoms with Gasteiger partial charge in [-0.25, -0.2) is 10.1 Å². The molecule has 3 N–H and O–H groups in total. The standard InChI is InChI=1S/C14H21N5O/c15-12-8-11(13-14(16-12)18-19-17-13)20-9-10-6-4-2-1-3-5-7-10/h8,10H,1-7,9H2,(H3,15,16,17,18,19). The molecule has 3 rings (SSSR count). The molecule has 6 heteroatoms. The summed E-state index contributed by atoms with van der Waals surface area (Å²) in [6.45, 7) is 0.728. The number of fused-ring (bicyclic) bond motifs is 1. The van der Waals surface area contributed by atoms with Gasteiger partial charge in [0.25, 0.3) is 0 Å². The van der Waals surface area contributed by atoms with Gasteiger partial charge in [-0.15, -0.1) is 5.10 Å². The largest absolute Gasteiger partial charge is 0.491 e. The van der Waals surface area contributed by atoms with Crippen LogP contribution in [-0.2, 0) is 0 Å². The van der Waals surface area contributed by atoms with Crippen molar-refractivity contribution in [3.05, 3.63) is 6.07 Å². The van der Waals surface area contributed by atoms with Gasteiger partial charge in [-0.05, 0) is 18.8 Å². The maximum Gasteiger partial charge on any atom is 0.181 e. The zero-order valence-corrected chi connectivity index (χ0v) is 11.6. The number of ether oxygens (including phenoxy) is 1. The fraction of sp³-hybridized carbons (Fsp3) is 0.643. The lowest BCUT2D eigenvalue weighted by atomic mass is 9.92. The predicted molar refractivity (Wildman–Crippen MR) is 77.4 cm³/mol. The summed E-state index contributed by atoms with van der Waals surface area (Å²) in [5.74, 6) is 1.74. The molecule has 108 valence electrons. The van der Waals surface area contributed by atoms with E-state index in [1.54, 1.807) is 6.07 Å². The lowest BCUT2D eigenvalue weighted by Crippen LogP contribution is -2.14. The first-order valence-electron chi connectivity index (χ1n) is 7.43. The minimum absolute atomic E-state index is 0.427. The lowest BCUT2D eigenvalue weighted by molar-refractivity contribution is 0.220. The number of nitrogens with one attached hydrogen (secondary N) is 1. The second kappa shape index (κ2) is 6.07. The number of aromatic amines is 1. The molecule has 0 radical (unpaired) electrons. The summed E-state index contributed by atoms with van der Waals surface area (Å²) in [5, 5.41) is 10.5. The third kappa shape index (κ3) is 3.00. The first kappa shape index (κ1) is 13.1. The SMILES string of the molecule is Nc1cc(OCC2CCCCCCC2)c2nn[nH]c2n1. The molecule has 1 fully saturated rings. The van der Waals surface area contributed by atoms with E-state index in [0.717, 1.165) is 6.61 Å². The highest BCUT2D eigenvalue weighted by Gasteiger charge is 2.14.